The van der Waals surface area contributed by atoms with Gasteiger partial charge in [-0.3, -0.25) is 0 Å². The highest BCUT2D eigenvalue weighted by Gasteiger charge is 2.24. The Morgan fingerprint density at radius 2 is 1.62 bits per heavy atom. The number of benzene rings is 2. The number of piperidine rings is 1. The number of anilines is 1. The molecule has 0 bridgehead atoms. The largest absolute Gasteiger partial charge is 0.324 e. The first kappa shape index (κ1) is 17.1. The second-order valence-electron chi connectivity index (χ2n) is 6.20. The van der Waals surface area contributed by atoms with Gasteiger partial charge in [-0.2, -0.15) is 0 Å². The Balaban J connectivity index is 1.60. The maximum atomic E-state index is 12.5. The molecule has 0 saturated carbocycles. The summed E-state index contributed by atoms with van der Waals surface area (Å²) in [7, 11) is 0. The first-order valence-corrected chi connectivity index (χ1v) is 8.86. The van der Waals surface area contributed by atoms with Gasteiger partial charge in [-0.05, 0) is 43.4 Å². The molecule has 24 heavy (non-hydrogen) atoms. The van der Waals surface area contributed by atoms with Crippen LogP contribution in [-0.4, -0.2) is 24.0 Å². The number of carbonyl (C=O) groups is 1. The van der Waals surface area contributed by atoms with Gasteiger partial charge in [0.2, 0.25) is 0 Å². The lowest BCUT2D eigenvalue weighted by Gasteiger charge is -2.32. The van der Waals surface area contributed by atoms with Crippen molar-refractivity contribution in [3.8, 4) is 0 Å². The molecule has 0 spiro atoms. The Morgan fingerprint density at radius 3 is 2.21 bits per heavy atom. The highest BCUT2D eigenvalue weighted by Crippen LogP contribution is 2.31. The molecule has 5 heteroatoms. The number of nitrogens with zero attached hydrogens (tertiary/aromatic N) is 1. The summed E-state index contributed by atoms with van der Waals surface area (Å²) < 4.78 is 0. The van der Waals surface area contributed by atoms with Crippen molar-refractivity contribution in [1.82, 2.24) is 4.90 Å². The van der Waals surface area contributed by atoms with E-state index in [1.807, 2.05) is 4.90 Å². The second-order valence-corrected chi connectivity index (χ2v) is 7.01. The number of rotatable bonds is 2. The van der Waals surface area contributed by atoms with Crippen LogP contribution in [-0.2, 0) is 0 Å². The first-order chi connectivity index (χ1) is 11.5. The van der Waals surface area contributed by atoms with Gasteiger partial charge >= 0.3 is 6.03 Å². The number of hydrogen-bond donors (Lipinski definition) is 1. The third-order valence-corrected chi connectivity index (χ3v) is 5.16. The van der Waals surface area contributed by atoms with Gasteiger partial charge in [0.05, 0.1) is 15.7 Å². The van der Waals surface area contributed by atoms with E-state index >= 15 is 0 Å². The predicted molar refractivity (Wildman–Crippen MR) is 100 cm³/mol. The molecule has 1 heterocycles. The van der Waals surface area contributed by atoms with Crippen molar-refractivity contribution in [3.63, 3.8) is 0 Å². The highest BCUT2D eigenvalue weighted by atomic mass is 35.5. The number of urea groups is 1. The Kier molecular flexibility index (Phi) is 5.32. The molecule has 0 radical (unpaired) electrons. The molecule has 1 aliphatic rings. The van der Waals surface area contributed by atoms with Crippen molar-refractivity contribution < 1.29 is 4.79 Å². The fourth-order valence-corrected chi connectivity index (χ4v) is 3.55. The summed E-state index contributed by atoms with van der Waals surface area (Å²) in [5, 5.41) is 3.73. The molecule has 2 aromatic rings. The van der Waals surface area contributed by atoms with Crippen molar-refractivity contribution in [2.75, 3.05) is 18.4 Å². The molecule has 126 valence electrons. The molecule has 1 fully saturated rings. The molecule has 0 atom stereocenters. The Hall–Kier alpha value is -1.71. The Morgan fingerprint density at radius 1 is 1.04 bits per heavy atom. The van der Waals surface area contributed by atoms with E-state index in [-0.39, 0.29) is 6.03 Å². The van der Waals surface area contributed by atoms with Crippen LogP contribution in [0.15, 0.2) is 42.5 Å². The van der Waals surface area contributed by atoms with Crippen molar-refractivity contribution >= 4 is 34.9 Å². The number of aryl methyl sites for hydroxylation is 1. The number of hydrogen-bond acceptors (Lipinski definition) is 1. The van der Waals surface area contributed by atoms with E-state index in [0.29, 0.717) is 21.7 Å². The molecule has 0 aromatic heterocycles. The minimum Gasteiger partial charge on any atom is -0.324 e. The van der Waals surface area contributed by atoms with E-state index in [0.717, 1.165) is 25.9 Å². The van der Waals surface area contributed by atoms with Crippen LogP contribution in [0.5, 0.6) is 0 Å². The van der Waals surface area contributed by atoms with E-state index < -0.39 is 0 Å². The summed E-state index contributed by atoms with van der Waals surface area (Å²) >= 11 is 12.2. The number of halogens is 2. The molecule has 0 aliphatic carbocycles. The smallest absolute Gasteiger partial charge is 0.321 e. The molecular weight excluding hydrogens is 343 g/mol. The number of carbonyl (C=O) groups excluding carboxylic acids is 1. The number of amides is 2. The van der Waals surface area contributed by atoms with E-state index in [1.54, 1.807) is 18.2 Å². The number of para-hydroxylation sites is 1. The fourth-order valence-electron chi connectivity index (χ4n) is 3.06. The highest BCUT2D eigenvalue weighted by molar-refractivity contribution is 6.39. The molecule has 2 aromatic carbocycles. The molecule has 2 amide bonds. The maximum absolute atomic E-state index is 12.5. The zero-order chi connectivity index (χ0) is 17.1. The molecule has 1 N–H and O–H groups in total. The molecule has 1 aliphatic heterocycles. The van der Waals surface area contributed by atoms with Gasteiger partial charge in [-0.1, -0.05) is 59.1 Å². The van der Waals surface area contributed by atoms with Crippen LogP contribution in [0.25, 0.3) is 0 Å². The number of nitrogens with one attached hydrogen (secondary N) is 1. The van der Waals surface area contributed by atoms with Crippen molar-refractivity contribution in [3.05, 3.63) is 63.6 Å². The zero-order valence-electron chi connectivity index (χ0n) is 13.6. The molecule has 3 nitrogen and oxygen atoms in total. The topological polar surface area (TPSA) is 32.3 Å². The quantitative estimate of drug-likeness (QED) is 0.728. The third kappa shape index (κ3) is 3.85. The fraction of sp³-hybridized carbons (Fsp3) is 0.316. The summed E-state index contributed by atoms with van der Waals surface area (Å²) in [6, 6.07) is 13.7. The van der Waals surface area contributed by atoms with Crippen LogP contribution < -0.4 is 5.32 Å². The standard InChI is InChI=1S/C19H20Cl2N2O/c1-13-5-7-14(8-6-13)15-9-11-23(12-10-15)19(24)22-18-16(20)3-2-4-17(18)21/h2-8,15H,9-12H2,1H3,(H,22,24). The summed E-state index contributed by atoms with van der Waals surface area (Å²) in [5.74, 6) is 0.513. The van der Waals surface area contributed by atoms with Crippen LogP contribution in [0, 0.1) is 6.92 Å². The van der Waals surface area contributed by atoms with E-state index in [1.165, 1.54) is 11.1 Å². The normalized spacial score (nSPS) is 15.4. The molecule has 1 saturated heterocycles. The van der Waals surface area contributed by atoms with Gasteiger partial charge < -0.3 is 10.2 Å². The molecule has 3 rings (SSSR count). The maximum Gasteiger partial charge on any atom is 0.321 e. The van der Waals surface area contributed by atoms with E-state index in [4.69, 9.17) is 23.2 Å². The van der Waals surface area contributed by atoms with Gasteiger partial charge in [0.15, 0.2) is 0 Å². The lowest BCUT2D eigenvalue weighted by Crippen LogP contribution is -2.40. The minimum absolute atomic E-state index is 0.146. The van der Waals surface area contributed by atoms with E-state index in [9.17, 15) is 4.79 Å². The summed E-state index contributed by atoms with van der Waals surface area (Å²) in [6.45, 7) is 3.55. The third-order valence-electron chi connectivity index (χ3n) is 4.53. The zero-order valence-corrected chi connectivity index (χ0v) is 15.1. The van der Waals surface area contributed by atoms with Gasteiger partial charge in [-0.25, -0.2) is 4.79 Å². The molecule has 0 unspecified atom stereocenters. The average molecular weight is 363 g/mol. The number of likely N-dealkylation sites (tertiary alicyclic amines) is 1. The Labute approximate surface area is 152 Å². The van der Waals surface area contributed by atoms with Gasteiger partial charge in [0.25, 0.3) is 0 Å². The minimum atomic E-state index is -0.146. The van der Waals surface area contributed by atoms with Crippen LogP contribution in [0.2, 0.25) is 10.0 Å². The first-order valence-electron chi connectivity index (χ1n) is 8.11. The predicted octanol–water partition coefficient (Wildman–Crippen LogP) is 5.71. The summed E-state index contributed by atoms with van der Waals surface area (Å²) in [6.07, 6.45) is 1.93. The van der Waals surface area contributed by atoms with Crippen LogP contribution in [0.1, 0.15) is 29.9 Å². The van der Waals surface area contributed by atoms with E-state index in [2.05, 4.69) is 36.5 Å². The molecular formula is C19H20Cl2N2O. The summed E-state index contributed by atoms with van der Waals surface area (Å²) in [4.78, 5) is 14.3. The lowest BCUT2D eigenvalue weighted by atomic mass is 9.89. The van der Waals surface area contributed by atoms with Crippen molar-refractivity contribution in [2.45, 2.75) is 25.7 Å². The van der Waals surface area contributed by atoms with Crippen molar-refractivity contribution in [1.29, 1.82) is 0 Å². The Bertz CT molecular complexity index is 702. The van der Waals surface area contributed by atoms with Crippen molar-refractivity contribution in [2.24, 2.45) is 0 Å². The van der Waals surface area contributed by atoms with Gasteiger partial charge in [0.1, 0.15) is 0 Å². The monoisotopic (exact) mass is 362 g/mol. The average Bonchev–Trinajstić information content (AvgIpc) is 2.59. The lowest BCUT2D eigenvalue weighted by molar-refractivity contribution is 0.194. The van der Waals surface area contributed by atoms with Gasteiger partial charge in [0, 0.05) is 13.1 Å². The van der Waals surface area contributed by atoms with Crippen LogP contribution in [0.3, 0.4) is 0 Å². The van der Waals surface area contributed by atoms with Crippen LogP contribution in [0.4, 0.5) is 10.5 Å². The summed E-state index contributed by atoms with van der Waals surface area (Å²) in [5.41, 5.74) is 3.11. The second kappa shape index (κ2) is 7.45. The SMILES string of the molecule is Cc1ccc(C2CCN(C(=O)Nc3c(Cl)cccc3Cl)CC2)cc1. The van der Waals surface area contributed by atoms with Gasteiger partial charge in [-0.15, -0.1) is 0 Å². The van der Waals surface area contributed by atoms with Crippen LogP contribution >= 0.6 is 23.2 Å².